The van der Waals surface area contributed by atoms with Crippen molar-refractivity contribution in [3.05, 3.63) is 10.6 Å². The molecule has 0 unspecified atom stereocenters. The smallest absolute Gasteiger partial charge is 0.222 e. The summed E-state index contributed by atoms with van der Waals surface area (Å²) < 4.78 is 0. The van der Waals surface area contributed by atoms with E-state index in [2.05, 4.69) is 20.4 Å². The van der Waals surface area contributed by atoms with Crippen molar-refractivity contribution < 1.29 is 4.79 Å². The summed E-state index contributed by atoms with van der Waals surface area (Å²) in [5, 5.41) is 10.2. The topological polar surface area (TPSA) is 67.0 Å². The third kappa shape index (κ3) is 2.05. The van der Waals surface area contributed by atoms with Crippen molar-refractivity contribution in [2.45, 2.75) is 13.8 Å². The Hall–Kier alpha value is -1.39. The van der Waals surface area contributed by atoms with Gasteiger partial charge in [-0.1, -0.05) is 16.5 Å². The van der Waals surface area contributed by atoms with E-state index in [4.69, 9.17) is 0 Å². The molecule has 0 radical (unpaired) electrons. The maximum absolute atomic E-state index is 9.60. The standard InChI is InChI=1S/C6H6N4OS/c1-4-5(2)12-6(8-4)9-10-7-3-11/h1-2H3. The Morgan fingerprint density at radius 2 is 2.25 bits per heavy atom. The highest BCUT2D eigenvalue weighted by molar-refractivity contribution is 7.15. The molecule has 0 amide bonds. The summed E-state index contributed by atoms with van der Waals surface area (Å²) in [4.78, 5) is 14.7. The van der Waals surface area contributed by atoms with Crippen LogP contribution in [0.1, 0.15) is 10.6 Å². The molecule has 1 aromatic rings. The first kappa shape index (κ1) is 8.70. The van der Waals surface area contributed by atoms with Gasteiger partial charge in [-0.2, -0.15) is 0 Å². The molecular weight excluding hydrogens is 176 g/mol. The molecule has 5 nitrogen and oxygen atoms in total. The molecule has 0 saturated carbocycles. The zero-order chi connectivity index (χ0) is 8.97. The fourth-order valence-electron chi connectivity index (χ4n) is 0.577. The maximum atomic E-state index is 9.60. The largest absolute Gasteiger partial charge is 0.261 e. The normalized spacial score (nSPS) is 10.2. The van der Waals surface area contributed by atoms with Crippen LogP contribution in [0.5, 0.6) is 0 Å². The number of aryl methyl sites for hydroxylation is 2. The van der Waals surface area contributed by atoms with Crippen LogP contribution in [0.4, 0.5) is 5.13 Å². The second-order valence-electron chi connectivity index (χ2n) is 2.02. The predicted molar refractivity (Wildman–Crippen MR) is 44.2 cm³/mol. The van der Waals surface area contributed by atoms with Gasteiger partial charge in [-0.25, -0.2) is 9.78 Å². The lowest BCUT2D eigenvalue weighted by molar-refractivity contribution is 0.563. The summed E-state index contributed by atoms with van der Waals surface area (Å²) in [5.41, 5.74) is 0.920. The van der Waals surface area contributed by atoms with Gasteiger partial charge in [0.05, 0.1) is 5.69 Å². The zero-order valence-electron chi connectivity index (χ0n) is 6.61. The Kier molecular flexibility index (Phi) is 2.79. The number of rotatable bonds is 2. The monoisotopic (exact) mass is 182 g/mol. The molecule has 0 atom stereocenters. The first-order valence-electron chi connectivity index (χ1n) is 3.16. The van der Waals surface area contributed by atoms with E-state index in [1.165, 1.54) is 17.4 Å². The number of hydrogen-bond acceptors (Lipinski definition) is 5. The van der Waals surface area contributed by atoms with Crippen LogP contribution in [-0.2, 0) is 4.79 Å². The predicted octanol–water partition coefficient (Wildman–Crippen LogP) is 2.09. The molecule has 12 heavy (non-hydrogen) atoms. The summed E-state index contributed by atoms with van der Waals surface area (Å²) in [6.45, 7) is 3.82. The van der Waals surface area contributed by atoms with Crippen LogP contribution in [0.2, 0.25) is 0 Å². The average Bonchev–Trinajstić information content (AvgIpc) is 2.32. The minimum absolute atomic E-state index is 0.504. The first-order valence-corrected chi connectivity index (χ1v) is 3.97. The molecule has 1 rings (SSSR count). The van der Waals surface area contributed by atoms with Crippen molar-refractivity contribution in [3.8, 4) is 0 Å². The number of thiazole rings is 1. The Morgan fingerprint density at radius 1 is 1.50 bits per heavy atom. The van der Waals surface area contributed by atoms with E-state index in [-0.39, 0.29) is 0 Å². The SMILES string of the molecule is Cc1nc(N=NN=C=O)sc1C. The van der Waals surface area contributed by atoms with Gasteiger partial charge in [0.15, 0.2) is 0 Å². The van der Waals surface area contributed by atoms with Crippen LogP contribution in [0, 0.1) is 13.8 Å². The van der Waals surface area contributed by atoms with Crippen LogP contribution in [0.15, 0.2) is 15.4 Å². The van der Waals surface area contributed by atoms with Crippen molar-refractivity contribution in [3.63, 3.8) is 0 Å². The number of carbonyl (C=O) groups excluding carboxylic acids is 1. The highest BCUT2D eigenvalue weighted by Gasteiger charge is 2.00. The Balaban J connectivity index is 2.83. The Labute approximate surface area is 72.9 Å². The van der Waals surface area contributed by atoms with Crippen molar-refractivity contribution >= 4 is 22.5 Å². The molecule has 0 N–H and O–H groups in total. The van der Waals surface area contributed by atoms with Crippen LogP contribution >= 0.6 is 11.3 Å². The minimum atomic E-state index is 0.504. The summed E-state index contributed by atoms with van der Waals surface area (Å²) in [7, 11) is 0. The molecule has 0 aromatic carbocycles. The quantitative estimate of drug-likeness (QED) is 0.304. The summed E-state index contributed by atoms with van der Waals surface area (Å²) in [6, 6.07) is 0. The van der Waals surface area contributed by atoms with E-state index >= 15 is 0 Å². The summed E-state index contributed by atoms with van der Waals surface area (Å²) in [5.74, 6) is 0. The molecule has 62 valence electrons. The number of nitrogens with zero attached hydrogens (tertiary/aromatic N) is 4. The fraction of sp³-hybridized carbons (Fsp3) is 0.333. The molecule has 0 saturated heterocycles. The molecule has 1 heterocycles. The molecule has 0 aliphatic rings. The van der Waals surface area contributed by atoms with E-state index in [1.54, 1.807) is 0 Å². The molecule has 0 aliphatic heterocycles. The van der Waals surface area contributed by atoms with E-state index < -0.39 is 0 Å². The number of isocyanates is 1. The van der Waals surface area contributed by atoms with Crippen LogP contribution in [0.3, 0.4) is 0 Å². The van der Waals surface area contributed by atoms with E-state index in [9.17, 15) is 4.79 Å². The van der Waals surface area contributed by atoms with Crippen molar-refractivity contribution in [1.82, 2.24) is 4.98 Å². The van der Waals surface area contributed by atoms with Gasteiger partial charge in [-0.05, 0) is 24.2 Å². The first-order chi connectivity index (χ1) is 5.74. The zero-order valence-corrected chi connectivity index (χ0v) is 7.42. The second-order valence-corrected chi connectivity index (χ2v) is 3.20. The third-order valence-corrected chi connectivity index (χ3v) is 2.19. The van der Waals surface area contributed by atoms with Crippen molar-refractivity contribution in [1.29, 1.82) is 0 Å². The molecule has 0 bridgehead atoms. The molecular formula is C6H6N4OS. The molecule has 1 aromatic heterocycles. The lowest BCUT2D eigenvalue weighted by Crippen LogP contribution is -1.69. The lowest BCUT2D eigenvalue weighted by Gasteiger charge is -1.77. The average molecular weight is 182 g/mol. The van der Waals surface area contributed by atoms with Crippen LogP contribution < -0.4 is 0 Å². The molecule has 0 aliphatic carbocycles. The van der Waals surface area contributed by atoms with E-state index in [0.29, 0.717) is 5.13 Å². The van der Waals surface area contributed by atoms with Gasteiger partial charge in [-0.15, -0.1) is 0 Å². The second kappa shape index (κ2) is 3.85. The maximum Gasteiger partial charge on any atom is 0.261 e. The van der Waals surface area contributed by atoms with E-state index in [0.717, 1.165) is 10.6 Å². The van der Waals surface area contributed by atoms with Crippen molar-refractivity contribution in [2.24, 2.45) is 15.4 Å². The Morgan fingerprint density at radius 3 is 2.75 bits per heavy atom. The number of aromatic nitrogens is 1. The summed E-state index contributed by atoms with van der Waals surface area (Å²) in [6.07, 6.45) is 1.25. The lowest BCUT2D eigenvalue weighted by atomic mass is 10.4. The fourth-order valence-corrected chi connectivity index (χ4v) is 1.30. The van der Waals surface area contributed by atoms with Crippen LogP contribution in [0.25, 0.3) is 0 Å². The van der Waals surface area contributed by atoms with Crippen LogP contribution in [-0.4, -0.2) is 11.1 Å². The van der Waals surface area contributed by atoms with E-state index in [1.807, 2.05) is 13.8 Å². The van der Waals surface area contributed by atoms with Gasteiger partial charge in [0.1, 0.15) is 0 Å². The molecule has 6 heteroatoms. The number of hydrogen-bond donors (Lipinski definition) is 0. The molecule has 0 spiro atoms. The van der Waals surface area contributed by atoms with Gasteiger partial charge in [0, 0.05) is 4.88 Å². The van der Waals surface area contributed by atoms with Gasteiger partial charge in [-0.3, -0.25) is 0 Å². The molecule has 0 fully saturated rings. The highest BCUT2D eigenvalue weighted by Crippen LogP contribution is 2.23. The van der Waals surface area contributed by atoms with Gasteiger partial charge in [0.2, 0.25) is 5.13 Å². The van der Waals surface area contributed by atoms with Gasteiger partial charge >= 0.3 is 0 Å². The minimum Gasteiger partial charge on any atom is -0.222 e. The van der Waals surface area contributed by atoms with Crippen molar-refractivity contribution in [2.75, 3.05) is 0 Å². The van der Waals surface area contributed by atoms with Gasteiger partial charge < -0.3 is 0 Å². The van der Waals surface area contributed by atoms with Gasteiger partial charge in [0.25, 0.3) is 6.08 Å². The summed E-state index contributed by atoms with van der Waals surface area (Å²) >= 11 is 1.40. The highest BCUT2D eigenvalue weighted by atomic mass is 32.1. The third-order valence-electron chi connectivity index (χ3n) is 1.23. The Bertz CT molecular complexity index is 331.